The molecule has 0 aromatic rings. The third-order valence-corrected chi connectivity index (χ3v) is 2.99. The zero-order valence-electron chi connectivity index (χ0n) is 5.93. The molecule has 1 radical (unpaired) electrons. The van der Waals surface area contributed by atoms with Crippen LogP contribution in [0.4, 0.5) is 0 Å². The third-order valence-electron chi connectivity index (χ3n) is 0.996. The van der Waals surface area contributed by atoms with Crippen LogP contribution in [0.1, 0.15) is 13.8 Å². The minimum atomic E-state index is -3.20. The first-order chi connectivity index (χ1) is 3.81. The molecule has 0 saturated heterocycles. The largest absolute Gasteiger partial charge is 0.218 e. The van der Waals surface area contributed by atoms with Gasteiger partial charge in [0.1, 0.15) is 0 Å². The second-order valence-corrected chi connectivity index (χ2v) is 4.99. The fourth-order valence-electron chi connectivity index (χ4n) is 0.276. The zero-order valence-corrected chi connectivity index (χ0v) is 6.75. The Morgan fingerprint density at radius 2 is 1.78 bits per heavy atom. The van der Waals surface area contributed by atoms with Gasteiger partial charge in [0, 0.05) is 0 Å². The first-order valence-electron chi connectivity index (χ1n) is 2.60. The smallest absolute Gasteiger partial charge is 0.216 e. The van der Waals surface area contributed by atoms with Gasteiger partial charge in [-0.05, 0) is 27.8 Å². The van der Waals surface area contributed by atoms with Crippen LogP contribution in [0.5, 0.6) is 0 Å². The second kappa shape index (κ2) is 2.27. The van der Waals surface area contributed by atoms with Crippen LogP contribution in [0.15, 0.2) is 0 Å². The Morgan fingerprint density at radius 3 is 1.78 bits per heavy atom. The van der Waals surface area contributed by atoms with Crippen LogP contribution in [-0.2, 0) is 10.0 Å². The van der Waals surface area contributed by atoms with Crippen molar-refractivity contribution in [3.8, 4) is 0 Å². The van der Waals surface area contributed by atoms with Gasteiger partial charge in [-0.25, -0.2) is 13.1 Å². The van der Waals surface area contributed by atoms with Gasteiger partial charge in [-0.2, -0.15) is 0 Å². The van der Waals surface area contributed by atoms with Crippen molar-refractivity contribution in [3.05, 3.63) is 6.92 Å². The van der Waals surface area contributed by atoms with Crippen LogP contribution in [0.2, 0.25) is 0 Å². The molecular weight excluding hydrogens is 138 g/mol. The molecule has 0 unspecified atom stereocenters. The van der Waals surface area contributed by atoms with Crippen LogP contribution < -0.4 is 4.72 Å². The normalized spacial score (nSPS) is 13.8. The van der Waals surface area contributed by atoms with Gasteiger partial charge < -0.3 is 0 Å². The number of rotatable bonds is 2. The van der Waals surface area contributed by atoms with Crippen molar-refractivity contribution >= 4 is 10.0 Å². The van der Waals surface area contributed by atoms with E-state index in [-0.39, 0.29) is 0 Å². The van der Waals surface area contributed by atoms with Gasteiger partial charge >= 0.3 is 0 Å². The first kappa shape index (κ1) is 8.91. The summed E-state index contributed by atoms with van der Waals surface area (Å²) in [5.74, 6) is 0. The van der Waals surface area contributed by atoms with Crippen LogP contribution >= 0.6 is 0 Å². The topological polar surface area (TPSA) is 46.2 Å². The maximum atomic E-state index is 10.8. The molecule has 0 aromatic carbocycles. The molecule has 0 amide bonds. The van der Waals surface area contributed by atoms with Gasteiger partial charge in [0.05, 0.1) is 4.75 Å². The number of hydrogen-bond acceptors (Lipinski definition) is 2. The third kappa shape index (κ3) is 1.95. The van der Waals surface area contributed by atoms with Gasteiger partial charge in [0.2, 0.25) is 10.0 Å². The summed E-state index contributed by atoms with van der Waals surface area (Å²) < 4.78 is 22.9. The Hall–Kier alpha value is -0.0900. The van der Waals surface area contributed by atoms with Crippen molar-refractivity contribution in [2.75, 3.05) is 7.05 Å². The molecule has 1 N–H and O–H groups in total. The fraction of sp³-hybridized carbons (Fsp3) is 0.800. The molecule has 0 bridgehead atoms. The van der Waals surface area contributed by atoms with E-state index in [0.29, 0.717) is 0 Å². The summed E-state index contributed by atoms with van der Waals surface area (Å²) in [7, 11) is -1.82. The summed E-state index contributed by atoms with van der Waals surface area (Å²) in [5, 5.41) is 0. The van der Waals surface area contributed by atoms with E-state index in [0.717, 1.165) is 0 Å². The highest BCUT2D eigenvalue weighted by Gasteiger charge is 2.26. The van der Waals surface area contributed by atoms with Gasteiger partial charge in [-0.1, -0.05) is 0 Å². The lowest BCUT2D eigenvalue weighted by molar-refractivity contribution is 0.563. The van der Waals surface area contributed by atoms with E-state index in [9.17, 15) is 8.42 Å². The highest BCUT2D eigenvalue weighted by Crippen LogP contribution is 2.10. The minimum Gasteiger partial charge on any atom is -0.218 e. The predicted octanol–water partition coefficient (Wildman–Crippen LogP) is 0.148. The molecule has 0 rings (SSSR count). The molecule has 0 saturated carbocycles. The molecule has 0 aliphatic carbocycles. The van der Waals surface area contributed by atoms with E-state index in [2.05, 4.69) is 11.6 Å². The van der Waals surface area contributed by atoms with E-state index in [1.165, 1.54) is 7.05 Å². The maximum absolute atomic E-state index is 10.8. The van der Waals surface area contributed by atoms with Crippen LogP contribution in [0.25, 0.3) is 0 Å². The Kier molecular flexibility index (Phi) is 2.24. The number of sulfonamides is 1. The summed E-state index contributed by atoms with van der Waals surface area (Å²) in [6.45, 7) is 6.54. The van der Waals surface area contributed by atoms with E-state index in [1.54, 1.807) is 13.8 Å². The van der Waals surface area contributed by atoms with Crippen LogP contribution in [0, 0.1) is 6.92 Å². The summed E-state index contributed by atoms with van der Waals surface area (Å²) in [6.07, 6.45) is 0. The number of hydrogen-bond donors (Lipinski definition) is 1. The minimum absolute atomic E-state index is 0.943. The highest BCUT2D eigenvalue weighted by molar-refractivity contribution is 7.90. The second-order valence-electron chi connectivity index (χ2n) is 2.47. The van der Waals surface area contributed by atoms with E-state index < -0.39 is 14.8 Å². The van der Waals surface area contributed by atoms with Crippen molar-refractivity contribution in [3.63, 3.8) is 0 Å². The Labute approximate surface area is 56.5 Å². The van der Waals surface area contributed by atoms with Gasteiger partial charge in [0.15, 0.2) is 0 Å². The number of nitrogens with one attached hydrogen (secondary N) is 1. The Bertz CT molecular complexity index is 176. The molecule has 0 heterocycles. The summed E-state index contributed by atoms with van der Waals surface area (Å²) in [4.78, 5) is 0. The molecule has 3 nitrogen and oxygen atoms in total. The molecule has 0 aromatic heterocycles. The summed E-state index contributed by atoms with van der Waals surface area (Å²) in [5.41, 5.74) is 0. The molecule has 55 valence electrons. The molecule has 0 aliphatic rings. The van der Waals surface area contributed by atoms with E-state index >= 15 is 0 Å². The van der Waals surface area contributed by atoms with Crippen molar-refractivity contribution in [1.82, 2.24) is 4.72 Å². The molecule has 9 heavy (non-hydrogen) atoms. The summed E-state index contributed by atoms with van der Waals surface area (Å²) >= 11 is 0. The SMILES string of the molecule is [CH2]C(C)(C)S(=O)(=O)NC. The van der Waals surface area contributed by atoms with Crippen molar-refractivity contribution in [1.29, 1.82) is 0 Å². The highest BCUT2D eigenvalue weighted by atomic mass is 32.2. The van der Waals surface area contributed by atoms with E-state index in [1.807, 2.05) is 0 Å². The predicted molar refractivity (Wildman–Crippen MR) is 37.4 cm³/mol. The monoisotopic (exact) mass is 150 g/mol. The molecule has 0 aliphatic heterocycles. The average Bonchev–Trinajstić information content (AvgIpc) is 1.64. The molecule has 4 heteroatoms. The molecule has 0 atom stereocenters. The lowest BCUT2D eigenvalue weighted by atomic mass is 10.3. The Balaban J connectivity index is 4.57. The molecule has 0 spiro atoms. The van der Waals surface area contributed by atoms with Gasteiger partial charge in [0.25, 0.3) is 0 Å². The zero-order chi connectivity index (χ0) is 7.71. The van der Waals surface area contributed by atoms with Crippen molar-refractivity contribution in [2.24, 2.45) is 0 Å². The lowest BCUT2D eigenvalue weighted by Crippen LogP contribution is -2.37. The van der Waals surface area contributed by atoms with Gasteiger partial charge in [-0.3, -0.25) is 0 Å². The van der Waals surface area contributed by atoms with Crippen molar-refractivity contribution < 1.29 is 8.42 Å². The quantitative estimate of drug-likeness (QED) is 0.609. The molecule has 0 fully saturated rings. The van der Waals surface area contributed by atoms with Crippen LogP contribution in [0.3, 0.4) is 0 Å². The average molecular weight is 150 g/mol. The first-order valence-corrected chi connectivity index (χ1v) is 4.08. The standard InChI is InChI=1S/C5H12NO2S/c1-5(2,3)9(7,8)6-4/h6H,1H2,2-4H3. The maximum Gasteiger partial charge on any atom is 0.216 e. The Morgan fingerprint density at radius 1 is 1.44 bits per heavy atom. The van der Waals surface area contributed by atoms with Gasteiger partial charge in [-0.15, -0.1) is 0 Å². The van der Waals surface area contributed by atoms with Crippen molar-refractivity contribution in [2.45, 2.75) is 18.6 Å². The van der Waals surface area contributed by atoms with Crippen LogP contribution in [-0.4, -0.2) is 20.2 Å². The fourth-order valence-corrected chi connectivity index (χ4v) is 0.829. The lowest BCUT2D eigenvalue weighted by Gasteiger charge is -2.16. The molecular formula is C5H12NO2S. The summed E-state index contributed by atoms with van der Waals surface area (Å²) in [6, 6.07) is 0. The van der Waals surface area contributed by atoms with E-state index in [4.69, 9.17) is 0 Å².